The molecule has 0 saturated carbocycles. The minimum absolute atomic E-state index is 0.0324. The van der Waals surface area contributed by atoms with Crippen LogP contribution in [-0.2, 0) is 11.3 Å². The second-order valence-electron chi connectivity index (χ2n) is 3.55. The summed E-state index contributed by atoms with van der Waals surface area (Å²) in [7, 11) is 1.53. The Morgan fingerprint density at radius 1 is 1.41 bits per heavy atom. The van der Waals surface area contributed by atoms with Crippen molar-refractivity contribution in [2.24, 2.45) is 0 Å². The topological polar surface area (TPSA) is 48.3 Å². The number of ether oxygens (including phenoxy) is 1. The van der Waals surface area contributed by atoms with E-state index in [9.17, 15) is 9.59 Å². The number of carbonyl (C=O) groups excluding carboxylic acids is 1. The highest BCUT2D eigenvalue weighted by Gasteiger charge is 2.06. The van der Waals surface area contributed by atoms with Crippen LogP contribution in [0.3, 0.4) is 0 Å². The Bertz CT molecular complexity index is 633. The second kappa shape index (κ2) is 4.59. The van der Waals surface area contributed by atoms with Crippen molar-refractivity contribution in [1.29, 1.82) is 0 Å². The number of halogens is 1. The molecule has 5 heteroatoms. The summed E-state index contributed by atoms with van der Waals surface area (Å²) in [6, 6.07) is 6.51. The molecular weight excluding hydrogens is 242 g/mol. The van der Waals surface area contributed by atoms with Crippen LogP contribution in [0.4, 0.5) is 0 Å². The van der Waals surface area contributed by atoms with Crippen LogP contribution in [0.2, 0.25) is 0 Å². The van der Waals surface area contributed by atoms with Gasteiger partial charge in [-0.2, -0.15) is 0 Å². The predicted molar refractivity (Wildman–Crippen MR) is 65.6 cm³/mol. The highest BCUT2D eigenvalue weighted by Crippen LogP contribution is 2.18. The number of fused-ring (bicyclic) bond motifs is 1. The summed E-state index contributed by atoms with van der Waals surface area (Å²) in [5.41, 5.74) is 0.546. The van der Waals surface area contributed by atoms with Gasteiger partial charge in [0, 0.05) is 17.6 Å². The average molecular weight is 252 g/mol. The third kappa shape index (κ3) is 2.31. The standard InChI is InChI=1S/C12H10ClNO3/c1-17-8-2-3-10-9(6-8)11(15)4-5-14(10)7-12(13)16/h2-6H,7H2,1H3. The van der Waals surface area contributed by atoms with Crippen molar-refractivity contribution in [2.75, 3.05) is 7.11 Å². The third-order valence-corrected chi connectivity index (χ3v) is 2.60. The van der Waals surface area contributed by atoms with E-state index in [0.717, 1.165) is 0 Å². The Balaban J connectivity index is 2.69. The summed E-state index contributed by atoms with van der Waals surface area (Å²) in [5, 5.41) is 0.0236. The summed E-state index contributed by atoms with van der Waals surface area (Å²) < 4.78 is 6.69. The monoisotopic (exact) mass is 251 g/mol. The number of rotatable bonds is 3. The molecule has 2 rings (SSSR count). The Hall–Kier alpha value is -1.81. The van der Waals surface area contributed by atoms with Gasteiger partial charge in [-0.1, -0.05) is 0 Å². The van der Waals surface area contributed by atoms with Crippen molar-refractivity contribution in [3.63, 3.8) is 0 Å². The number of methoxy groups -OCH3 is 1. The van der Waals surface area contributed by atoms with E-state index >= 15 is 0 Å². The van der Waals surface area contributed by atoms with Crippen molar-refractivity contribution in [3.05, 3.63) is 40.7 Å². The van der Waals surface area contributed by atoms with Crippen LogP contribution in [0.15, 0.2) is 35.3 Å². The van der Waals surface area contributed by atoms with Gasteiger partial charge < -0.3 is 9.30 Å². The van der Waals surface area contributed by atoms with E-state index < -0.39 is 5.24 Å². The van der Waals surface area contributed by atoms with Gasteiger partial charge >= 0.3 is 0 Å². The molecule has 0 aliphatic carbocycles. The molecule has 0 N–H and O–H groups in total. The first-order valence-corrected chi connectivity index (χ1v) is 5.35. The van der Waals surface area contributed by atoms with Crippen molar-refractivity contribution in [2.45, 2.75) is 6.54 Å². The molecule has 0 aliphatic rings. The summed E-state index contributed by atoms with van der Waals surface area (Å²) >= 11 is 5.35. The molecule has 0 unspecified atom stereocenters. The number of aromatic nitrogens is 1. The van der Waals surface area contributed by atoms with Crippen LogP contribution in [-0.4, -0.2) is 16.9 Å². The number of hydrogen-bond donors (Lipinski definition) is 0. The van der Waals surface area contributed by atoms with Gasteiger partial charge in [0.25, 0.3) is 0 Å². The van der Waals surface area contributed by atoms with Gasteiger partial charge in [0.2, 0.25) is 5.24 Å². The molecule has 0 radical (unpaired) electrons. The molecule has 1 aromatic carbocycles. The Morgan fingerprint density at radius 2 is 2.18 bits per heavy atom. The maximum atomic E-state index is 11.7. The molecule has 0 bridgehead atoms. The molecule has 1 aromatic heterocycles. The van der Waals surface area contributed by atoms with Crippen LogP contribution in [0.5, 0.6) is 5.75 Å². The SMILES string of the molecule is COc1ccc2c(c1)c(=O)ccn2CC(=O)Cl. The molecule has 4 nitrogen and oxygen atoms in total. The first kappa shape index (κ1) is 11.7. The van der Waals surface area contributed by atoms with E-state index in [0.29, 0.717) is 16.7 Å². The van der Waals surface area contributed by atoms with Crippen molar-refractivity contribution >= 4 is 27.7 Å². The maximum Gasteiger partial charge on any atom is 0.241 e. The van der Waals surface area contributed by atoms with Gasteiger partial charge in [0.05, 0.1) is 19.2 Å². The number of pyridine rings is 1. The Kier molecular flexibility index (Phi) is 3.15. The lowest BCUT2D eigenvalue weighted by Crippen LogP contribution is -2.11. The van der Waals surface area contributed by atoms with Gasteiger partial charge in [0.15, 0.2) is 5.43 Å². The van der Waals surface area contributed by atoms with E-state index in [2.05, 4.69) is 0 Å². The second-order valence-corrected chi connectivity index (χ2v) is 3.97. The van der Waals surface area contributed by atoms with E-state index in [4.69, 9.17) is 16.3 Å². The fourth-order valence-corrected chi connectivity index (χ4v) is 1.82. The zero-order valence-electron chi connectivity index (χ0n) is 9.14. The van der Waals surface area contributed by atoms with Crippen LogP contribution >= 0.6 is 11.6 Å². The molecule has 0 aliphatic heterocycles. The number of nitrogens with zero attached hydrogens (tertiary/aromatic N) is 1. The maximum absolute atomic E-state index is 11.7. The number of carbonyl (C=O) groups is 1. The normalized spacial score (nSPS) is 10.5. The molecule has 0 amide bonds. The Labute approximate surface area is 102 Å². The zero-order valence-corrected chi connectivity index (χ0v) is 9.90. The van der Waals surface area contributed by atoms with Gasteiger partial charge in [-0.15, -0.1) is 0 Å². The molecule has 88 valence electrons. The quantitative estimate of drug-likeness (QED) is 0.782. The van der Waals surface area contributed by atoms with E-state index in [-0.39, 0.29) is 12.0 Å². The summed E-state index contributed by atoms with van der Waals surface area (Å²) in [5.74, 6) is 0.601. The first-order chi connectivity index (χ1) is 8.11. The fraction of sp³-hybridized carbons (Fsp3) is 0.167. The molecular formula is C12H10ClNO3. The van der Waals surface area contributed by atoms with Gasteiger partial charge in [-0.3, -0.25) is 9.59 Å². The highest BCUT2D eigenvalue weighted by atomic mass is 35.5. The van der Waals surface area contributed by atoms with Crippen molar-refractivity contribution in [3.8, 4) is 5.75 Å². The lowest BCUT2D eigenvalue weighted by molar-refractivity contribution is -0.112. The van der Waals surface area contributed by atoms with Crippen LogP contribution in [0.25, 0.3) is 10.9 Å². The van der Waals surface area contributed by atoms with Gasteiger partial charge in [-0.25, -0.2) is 0 Å². The molecule has 0 saturated heterocycles. The predicted octanol–water partition coefficient (Wildman–Crippen LogP) is 1.78. The first-order valence-electron chi connectivity index (χ1n) is 4.97. The van der Waals surface area contributed by atoms with Crippen LogP contribution in [0, 0.1) is 0 Å². The molecule has 17 heavy (non-hydrogen) atoms. The average Bonchev–Trinajstić information content (AvgIpc) is 2.32. The molecule has 0 atom stereocenters. The number of hydrogen-bond acceptors (Lipinski definition) is 3. The molecule has 2 aromatic rings. The van der Waals surface area contributed by atoms with E-state index in [1.54, 1.807) is 29.0 Å². The Morgan fingerprint density at radius 3 is 2.82 bits per heavy atom. The third-order valence-electron chi connectivity index (χ3n) is 2.48. The molecule has 0 spiro atoms. The zero-order chi connectivity index (χ0) is 12.4. The van der Waals surface area contributed by atoms with Crippen LogP contribution in [0.1, 0.15) is 0 Å². The minimum atomic E-state index is -0.481. The summed E-state index contributed by atoms with van der Waals surface area (Å²) in [6.45, 7) is 0.0324. The van der Waals surface area contributed by atoms with Gasteiger partial charge in [0.1, 0.15) is 5.75 Å². The fourth-order valence-electron chi connectivity index (χ4n) is 1.69. The summed E-state index contributed by atoms with van der Waals surface area (Å²) in [4.78, 5) is 22.6. The summed E-state index contributed by atoms with van der Waals surface area (Å²) in [6.07, 6.45) is 1.55. The van der Waals surface area contributed by atoms with Crippen LogP contribution < -0.4 is 10.2 Å². The largest absolute Gasteiger partial charge is 0.497 e. The van der Waals surface area contributed by atoms with Crippen molar-refractivity contribution in [1.82, 2.24) is 4.57 Å². The smallest absolute Gasteiger partial charge is 0.241 e. The lowest BCUT2D eigenvalue weighted by atomic mass is 10.2. The minimum Gasteiger partial charge on any atom is -0.497 e. The molecule has 0 fully saturated rings. The van der Waals surface area contributed by atoms with Gasteiger partial charge in [-0.05, 0) is 29.8 Å². The number of benzene rings is 1. The van der Waals surface area contributed by atoms with Crippen molar-refractivity contribution < 1.29 is 9.53 Å². The van der Waals surface area contributed by atoms with E-state index in [1.165, 1.54) is 13.2 Å². The van der Waals surface area contributed by atoms with E-state index in [1.807, 2.05) is 0 Å². The molecule has 1 heterocycles. The lowest BCUT2D eigenvalue weighted by Gasteiger charge is -2.09. The highest BCUT2D eigenvalue weighted by molar-refractivity contribution is 6.63.